The zero-order valence-corrected chi connectivity index (χ0v) is 12.3. The van der Waals surface area contributed by atoms with E-state index in [0.717, 1.165) is 12.1 Å². The van der Waals surface area contributed by atoms with Crippen LogP contribution in [0.25, 0.3) is 0 Å². The SMILES string of the molecule is CC(C)(CNC(=O)CCC(=O)O)c1ccc(C(F)(F)F)cc1. The quantitative estimate of drug-likeness (QED) is 0.848. The van der Waals surface area contributed by atoms with E-state index in [-0.39, 0.29) is 19.4 Å². The van der Waals surface area contributed by atoms with Crippen molar-refractivity contribution < 1.29 is 27.9 Å². The maximum atomic E-state index is 12.5. The average molecular weight is 317 g/mol. The van der Waals surface area contributed by atoms with Crippen molar-refractivity contribution in [2.75, 3.05) is 6.54 Å². The van der Waals surface area contributed by atoms with Gasteiger partial charge in [0.2, 0.25) is 5.91 Å². The second-order valence-electron chi connectivity index (χ2n) is 5.63. The van der Waals surface area contributed by atoms with Crippen LogP contribution in [0.2, 0.25) is 0 Å². The van der Waals surface area contributed by atoms with Crippen LogP contribution in [0.1, 0.15) is 37.8 Å². The highest BCUT2D eigenvalue weighted by Gasteiger charge is 2.31. The molecule has 0 atom stereocenters. The monoisotopic (exact) mass is 317 g/mol. The molecule has 0 aliphatic rings. The molecule has 0 aromatic heterocycles. The Morgan fingerprint density at radius 2 is 1.55 bits per heavy atom. The summed E-state index contributed by atoms with van der Waals surface area (Å²) < 4.78 is 37.5. The van der Waals surface area contributed by atoms with Crippen LogP contribution in [0.5, 0.6) is 0 Å². The summed E-state index contributed by atoms with van der Waals surface area (Å²) in [5.74, 6) is -1.46. The maximum absolute atomic E-state index is 12.5. The van der Waals surface area contributed by atoms with Gasteiger partial charge in [-0.3, -0.25) is 9.59 Å². The number of carboxylic acid groups (broad SMARTS) is 1. The first kappa shape index (κ1) is 18.0. The number of nitrogens with one attached hydrogen (secondary N) is 1. The minimum absolute atomic E-state index is 0.127. The number of carbonyl (C=O) groups is 2. The van der Waals surface area contributed by atoms with Crippen molar-refractivity contribution in [3.05, 3.63) is 35.4 Å². The van der Waals surface area contributed by atoms with Gasteiger partial charge in [-0.05, 0) is 17.7 Å². The van der Waals surface area contributed by atoms with Crippen molar-refractivity contribution in [2.45, 2.75) is 38.3 Å². The molecule has 0 radical (unpaired) electrons. The number of aliphatic carboxylic acids is 1. The predicted molar refractivity (Wildman–Crippen MR) is 74.3 cm³/mol. The molecule has 0 heterocycles. The fourth-order valence-corrected chi connectivity index (χ4v) is 1.84. The van der Waals surface area contributed by atoms with Crippen molar-refractivity contribution in [3.63, 3.8) is 0 Å². The van der Waals surface area contributed by atoms with Crippen LogP contribution in [0.15, 0.2) is 24.3 Å². The van der Waals surface area contributed by atoms with E-state index in [9.17, 15) is 22.8 Å². The molecule has 0 bridgehead atoms. The van der Waals surface area contributed by atoms with Gasteiger partial charge in [-0.15, -0.1) is 0 Å². The van der Waals surface area contributed by atoms with Crippen LogP contribution in [0, 0.1) is 0 Å². The zero-order valence-electron chi connectivity index (χ0n) is 12.3. The molecule has 0 saturated carbocycles. The smallest absolute Gasteiger partial charge is 0.416 e. The van der Waals surface area contributed by atoms with E-state index in [1.165, 1.54) is 12.1 Å². The summed E-state index contributed by atoms with van der Waals surface area (Å²) in [5, 5.41) is 11.1. The van der Waals surface area contributed by atoms with Crippen molar-refractivity contribution in [1.82, 2.24) is 5.32 Å². The second kappa shape index (κ2) is 6.81. The summed E-state index contributed by atoms with van der Waals surface area (Å²) in [4.78, 5) is 21.9. The number of rotatable bonds is 6. The molecule has 0 saturated heterocycles. The van der Waals surface area contributed by atoms with Gasteiger partial charge in [-0.25, -0.2) is 0 Å². The van der Waals surface area contributed by atoms with Crippen molar-refractivity contribution in [1.29, 1.82) is 0 Å². The number of carbonyl (C=O) groups excluding carboxylic acids is 1. The molecule has 2 N–H and O–H groups in total. The van der Waals surface area contributed by atoms with E-state index in [2.05, 4.69) is 5.32 Å². The standard InChI is InChI=1S/C15H18F3NO3/c1-14(2,9-19-12(20)7-8-13(21)22)10-3-5-11(6-4-10)15(16,17)18/h3-6H,7-9H2,1-2H3,(H,19,20)(H,21,22). The van der Waals surface area contributed by atoms with Gasteiger partial charge >= 0.3 is 12.1 Å². The van der Waals surface area contributed by atoms with E-state index in [4.69, 9.17) is 5.11 Å². The molecule has 0 fully saturated rings. The van der Waals surface area contributed by atoms with Crippen molar-refractivity contribution in [3.8, 4) is 0 Å². The number of halogens is 3. The average Bonchev–Trinajstić information content (AvgIpc) is 2.42. The Balaban J connectivity index is 2.66. The van der Waals surface area contributed by atoms with Gasteiger partial charge in [0, 0.05) is 18.4 Å². The molecule has 122 valence electrons. The number of alkyl halides is 3. The Labute approximate surface area is 126 Å². The minimum Gasteiger partial charge on any atom is -0.481 e. The van der Waals surface area contributed by atoms with Crippen LogP contribution in [-0.4, -0.2) is 23.5 Å². The molecule has 1 aromatic carbocycles. The normalized spacial score (nSPS) is 12.0. The van der Waals surface area contributed by atoms with Crippen molar-refractivity contribution >= 4 is 11.9 Å². The third kappa shape index (κ3) is 5.38. The van der Waals surface area contributed by atoms with Crippen LogP contribution in [0.3, 0.4) is 0 Å². The second-order valence-corrected chi connectivity index (χ2v) is 5.63. The Hall–Kier alpha value is -2.05. The molecule has 4 nitrogen and oxygen atoms in total. The van der Waals surface area contributed by atoms with E-state index >= 15 is 0 Å². The summed E-state index contributed by atoms with van der Waals surface area (Å²) in [7, 11) is 0. The Morgan fingerprint density at radius 1 is 1.05 bits per heavy atom. The maximum Gasteiger partial charge on any atom is 0.416 e. The summed E-state index contributed by atoms with van der Waals surface area (Å²) >= 11 is 0. The van der Waals surface area contributed by atoms with Gasteiger partial charge in [0.1, 0.15) is 0 Å². The van der Waals surface area contributed by atoms with Gasteiger partial charge in [0.25, 0.3) is 0 Å². The largest absolute Gasteiger partial charge is 0.481 e. The first-order valence-corrected chi connectivity index (χ1v) is 6.68. The molecule has 1 aromatic rings. The van der Waals surface area contributed by atoms with Crippen LogP contribution < -0.4 is 5.32 Å². The van der Waals surface area contributed by atoms with E-state index in [1.807, 2.05) is 0 Å². The number of hydrogen-bond acceptors (Lipinski definition) is 2. The summed E-state index contributed by atoms with van der Waals surface area (Å²) in [6, 6.07) is 4.77. The van der Waals surface area contributed by atoms with Gasteiger partial charge in [0.15, 0.2) is 0 Å². The number of hydrogen-bond donors (Lipinski definition) is 2. The van der Waals surface area contributed by atoms with E-state index in [1.54, 1.807) is 13.8 Å². The fourth-order valence-electron chi connectivity index (χ4n) is 1.84. The lowest BCUT2D eigenvalue weighted by Gasteiger charge is -2.26. The molecule has 1 rings (SSSR count). The Kier molecular flexibility index (Phi) is 5.57. The highest BCUT2D eigenvalue weighted by molar-refractivity contribution is 5.80. The fraction of sp³-hybridized carbons (Fsp3) is 0.467. The Morgan fingerprint density at radius 3 is 2.00 bits per heavy atom. The number of benzene rings is 1. The summed E-state index contributed by atoms with van der Waals surface area (Å²) in [6.45, 7) is 3.77. The summed E-state index contributed by atoms with van der Waals surface area (Å²) in [5.41, 5.74) is -0.639. The van der Waals surface area contributed by atoms with Crippen molar-refractivity contribution in [2.24, 2.45) is 0 Å². The Bertz CT molecular complexity index is 536. The van der Waals surface area contributed by atoms with Gasteiger partial charge in [0.05, 0.1) is 12.0 Å². The third-order valence-corrected chi connectivity index (χ3v) is 3.29. The molecule has 0 spiro atoms. The van der Waals surface area contributed by atoms with Crippen LogP contribution in [-0.2, 0) is 21.2 Å². The van der Waals surface area contributed by atoms with E-state index < -0.39 is 29.0 Å². The molecule has 7 heteroatoms. The third-order valence-electron chi connectivity index (χ3n) is 3.29. The van der Waals surface area contributed by atoms with Gasteiger partial charge < -0.3 is 10.4 Å². The zero-order chi connectivity index (χ0) is 17.0. The lowest BCUT2D eigenvalue weighted by Crippen LogP contribution is -2.36. The number of amides is 1. The topological polar surface area (TPSA) is 66.4 Å². The number of carboxylic acids is 1. The van der Waals surface area contributed by atoms with Gasteiger partial charge in [-0.1, -0.05) is 26.0 Å². The van der Waals surface area contributed by atoms with Crippen LogP contribution >= 0.6 is 0 Å². The molecule has 0 aliphatic heterocycles. The van der Waals surface area contributed by atoms with Crippen LogP contribution in [0.4, 0.5) is 13.2 Å². The molecule has 0 unspecified atom stereocenters. The minimum atomic E-state index is -4.38. The molecule has 0 aliphatic carbocycles. The molecule has 1 amide bonds. The predicted octanol–water partition coefficient (Wildman–Crippen LogP) is 2.96. The first-order chi connectivity index (χ1) is 10.0. The molecular formula is C15H18F3NO3. The lowest BCUT2D eigenvalue weighted by molar-refractivity contribution is -0.139. The lowest BCUT2D eigenvalue weighted by atomic mass is 9.84. The molecular weight excluding hydrogens is 299 g/mol. The first-order valence-electron chi connectivity index (χ1n) is 6.68. The van der Waals surface area contributed by atoms with Gasteiger partial charge in [-0.2, -0.15) is 13.2 Å². The van der Waals surface area contributed by atoms with E-state index in [0.29, 0.717) is 5.56 Å². The highest BCUT2D eigenvalue weighted by Crippen LogP contribution is 2.31. The summed E-state index contributed by atoms with van der Waals surface area (Å²) in [6.07, 6.45) is -4.77. The highest BCUT2D eigenvalue weighted by atomic mass is 19.4. The molecule has 22 heavy (non-hydrogen) atoms.